The molecule has 158 valence electrons. The number of likely N-dealkylation sites (N-methyl/N-ethyl adjacent to an activating group) is 1. The average molecular weight is 439 g/mol. The van der Waals surface area contributed by atoms with Crippen molar-refractivity contribution in [1.29, 1.82) is 0 Å². The van der Waals surface area contributed by atoms with Crippen molar-refractivity contribution in [3.63, 3.8) is 0 Å². The third-order valence-electron chi connectivity index (χ3n) is 4.23. The molecule has 0 aliphatic rings. The minimum Gasteiger partial charge on any atom is -0.353 e. The third kappa shape index (κ3) is 6.64. The Hall–Kier alpha value is -2.27. The first kappa shape index (κ1) is 23.0. The van der Waals surface area contributed by atoms with E-state index in [0.717, 1.165) is 5.56 Å². The van der Waals surface area contributed by atoms with Crippen molar-refractivity contribution in [2.45, 2.75) is 30.8 Å². The van der Waals surface area contributed by atoms with Crippen molar-refractivity contribution in [1.82, 2.24) is 14.9 Å². The molecule has 0 radical (unpaired) electrons. The van der Waals surface area contributed by atoms with Gasteiger partial charge in [-0.15, -0.1) is 0 Å². The van der Waals surface area contributed by atoms with Gasteiger partial charge in [-0.1, -0.05) is 0 Å². The summed E-state index contributed by atoms with van der Waals surface area (Å²) in [7, 11) is -0.0364. The molecule has 2 atom stereocenters. The van der Waals surface area contributed by atoms with Gasteiger partial charge in [0.2, 0.25) is 21.8 Å². The van der Waals surface area contributed by atoms with Gasteiger partial charge in [0.15, 0.2) is 0 Å². The molecule has 8 nitrogen and oxygen atoms in total. The van der Waals surface area contributed by atoms with Gasteiger partial charge in [-0.25, -0.2) is 8.42 Å². The van der Waals surface area contributed by atoms with Crippen molar-refractivity contribution in [3.05, 3.63) is 46.7 Å². The lowest BCUT2D eigenvalue weighted by Gasteiger charge is -2.25. The van der Waals surface area contributed by atoms with Gasteiger partial charge in [0.25, 0.3) is 0 Å². The summed E-state index contributed by atoms with van der Waals surface area (Å²) in [6, 6.07) is 6.77. The van der Waals surface area contributed by atoms with E-state index in [2.05, 4.69) is 15.4 Å². The van der Waals surface area contributed by atoms with E-state index < -0.39 is 22.0 Å². The lowest BCUT2D eigenvalue weighted by Crippen LogP contribution is -2.46. The number of benzene rings is 1. The fraction of sp³-hybridized carbons (Fsp3) is 0.368. The van der Waals surface area contributed by atoms with Crippen LogP contribution in [0.15, 0.2) is 46.0 Å². The maximum atomic E-state index is 12.5. The van der Waals surface area contributed by atoms with Gasteiger partial charge in [0.1, 0.15) is 0 Å². The second-order valence-electron chi connectivity index (χ2n) is 6.83. The Labute approximate surface area is 175 Å². The number of nitrogens with zero attached hydrogens (tertiary/aromatic N) is 1. The van der Waals surface area contributed by atoms with Crippen LogP contribution >= 0.6 is 11.3 Å². The maximum absolute atomic E-state index is 12.5. The van der Waals surface area contributed by atoms with Gasteiger partial charge in [-0.05, 0) is 67.7 Å². The number of amides is 2. The lowest BCUT2D eigenvalue weighted by molar-refractivity contribution is -0.122. The maximum Gasteiger partial charge on any atom is 0.241 e. The summed E-state index contributed by atoms with van der Waals surface area (Å²) < 4.78 is 27.4. The van der Waals surface area contributed by atoms with E-state index in [9.17, 15) is 18.0 Å². The first-order valence-electron chi connectivity index (χ1n) is 8.96. The molecule has 1 unspecified atom stereocenters. The van der Waals surface area contributed by atoms with Crippen molar-refractivity contribution in [3.8, 4) is 0 Å². The van der Waals surface area contributed by atoms with E-state index in [1.54, 1.807) is 11.3 Å². The number of hydrogen-bond donors (Lipinski definition) is 3. The highest BCUT2D eigenvalue weighted by Crippen LogP contribution is 2.20. The predicted octanol–water partition coefficient (Wildman–Crippen LogP) is 1.79. The van der Waals surface area contributed by atoms with Crippen LogP contribution in [0.2, 0.25) is 0 Å². The van der Waals surface area contributed by atoms with Crippen LogP contribution in [0, 0.1) is 0 Å². The number of hydrogen-bond acceptors (Lipinski definition) is 6. The minimum atomic E-state index is -3.88. The molecule has 1 aromatic heterocycles. The highest BCUT2D eigenvalue weighted by Gasteiger charge is 2.23. The molecule has 10 heteroatoms. The molecule has 29 heavy (non-hydrogen) atoms. The van der Waals surface area contributed by atoms with Crippen molar-refractivity contribution >= 4 is 38.9 Å². The number of carbonyl (C=O) groups is 2. The Balaban J connectivity index is 1.97. The van der Waals surface area contributed by atoms with Crippen LogP contribution in [-0.2, 0) is 19.6 Å². The van der Waals surface area contributed by atoms with Gasteiger partial charge in [0, 0.05) is 19.2 Å². The number of nitrogens with one attached hydrogen (secondary N) is 3. The monoisotopic (exact) mass is 438 g/mol. The quantitative estimate of drug-likeness (QED) is 0.553. The minimum absolute atomic E-state index is 0.00433. The first-order chi connectivity index (χ1) is 13.6. The fourth-order valence-electron chi connectivity index (χ4n) is 2.69. The largest absolute Gasteiger partial charge is 0.353 e. The Morgan fingerprint density at radius 2 is 1.79 bits per heavy atom. The Bertz CT molecular complexity index is 926. The Morgan fingerprint density at radius 3 is 2.31 bits per heavy atom. The molecule has 1 heterocycles. The van der Waals surface area contributed by atoms with Crippen LogP contribution in [0.25, 0.3) is 0 Å². The van der Waals surface area contributed by atoms with Crippen LogP contribution in [0.5, 0.6) is 0 Å². The van der Waals surface area contributed by atoms with Crippen molar-refractivity contribution < 1.29 is 18.0 Å². The van der Waals surface area contributed by atoms with Crippen LogP contribution < -0.4 is 15.4 Å². The van der Waals surface area contributed by atoms with E-state index >= 15 is 0 Å². The molecule has 3 N–H and O–H groups in total. The standard InChI is InChI=1S/C19H26N4O4S2/c1-13(19(25)20-11-18(23(3)4)15-9-10-28-12-15)22-29(26,27)17-7-5-16(6-8-17)21-14(2)24/h5-10,12-13,18,22H,11H2,1-4H3,(H,20,25)(H,21,24)/t13-,18?/m0/s1. The predicted molar refractivity (Wildman–Crippen MR) is 114 cm³/mol. The summed E-state index contributed by atoms with van der Waals surface area (Å²) in [4.78, 5) is 25.5. The molecule has 1 aromatic carbocycles. The fourth-order valence-corrected chi connectivity index (χ4v) is 4.60. The molecule has 0 saturated heterocycles. The van der Waals surface area contributed by atoms with E-state index in [1.807, 2.05) is 35.8 Å². The third-order valence-corrected chi connectivity index (χ3v) is 6.49. The number of rotatable bonds is 9. The van der Waals surface area contributed by atoms with Gasteiger partial charge >= 0.3 is 0 Å². The number of anilines is 1. The summed E-state index contributed by atoms with van der Waals surface area (Å²) in [5, 5.41) is 9.37. The average Bonchev–Trinajstić information content (AvgIpc) is 3.15. The smallest absolute Gasteiger partial charge is 0.241 e. The SMILES string of the molecule is CC(=O)Nc1ccc(S(=O)(=O)N[C@@H](C)C(=O)NCC(c2ccsc2)N(C)C)cc1. The van der Waals surface area contributed by atoms with Crippen LogP contribution in [0.1, 0.15) is 25.5 Å². The van der Waals surface area contributed by atoms with E-state index in [0.29, 0.717) is 12.2 Å². The van der Waals surface area contributed by atoms with Gasteiger partial charge in [-0.2, -0.15) is 16.1 Å². The number of carbonyl (C=O) groups excluding carboxylic acids is 2. The Kier molecular flexibility index (Phi) is 7.91. The second kappa shape index (κ2) is 9.97. The highest BCUT2D eigenvalue weighted by molar-refractivity contribution is 7.89. The summed E-state index contributed by atoms with van der Waals surface area (Å²) in [6.45, 7) is 3.22. The normalized spacial score (nSPS) is 13.7. The summed E-state index contributed by atoms with van der Waals surface area (Å²) in [5.74, 6) is -0.659. The van der Waals surface area contributed by atoms with E-state index in [4.69, 9.17) is 0 Å². The number of sulfonamides is 1. The molecule has 2 rings (SSSR count). The van der Waals surface area contributed by atoms with Gasteiger partial charge < -0.3 is 15.5 Å². The molecule has 0 bridgehead atoms. The molecule has 2 amide bonds. The van der Waals surface area contributed by atoms with Gasteiger partial charge in [0.05, 0.1) is 17.0 Å². The zero-order valence-corrected chi connectivity index (χ0v) is 18.4. The van der Waals surface area contributed by atoms with Crippen LogP contribution in [-0.4, -0.2) is 51.8 Å². The first-order valence-corrected chi connectivity index (χ1v) is 11.4. The summed E-state index contributed by atoms with van der Waals surface area (Å²) in [5.41, 5.74) is 1.58. The van der Waals surface area contributed by atoms with Gasteiger partial charge in [-0.3, -0.25) is 9.59 Å². The van der Waals surface area contributed by atoms with Crippen LogP contribution in [0.3, 0.4) is 0 Å². The summed E-state index contributed by atoms with van der Waals surface area (Å²) >= 11 is 1.58. The lowest BCUT2D eigenvalue weighted by atomic mass is 10.1. The van der Waals surface area contributed by atoms with E-state index in [-0.39, 0.29) is 16.8 Å². The number of thiophene rings is 1. The van der Waals surface area contributed by atoms with Crippen molar-refractivity contribution in [2.75, 3.05) is 26.0 Å². The molecule has 2 aromatic rings. The molecule has 0 aliphatic carbocycles. The molecular formula is C19H26N4O4S2. The molecular weight excluding hydrogens is 412 g/mol. The molecule has 0 saturated carbocycles. The van der Waals surface area contributed by atoms with Crippen molar-refractivity contribution in [2.24, 2.45) is 0 Å². The topological polar surface area (TPSA) is 108 Å². The highest BCUT2D eigenvalue weighted by atomic mass is 32.2. The van der Waals surface area contributed by atoms with E-state index in [1.165, 1.54) is 38.1 Å². The molecule has 0 spiro atoms. The zero-order valence-electron chi connectivity index (χ0n) is 16.8. The summed E-state index contributed by atoms with van der Waals surface area (Å²) in [6.07, 6.45) is 0. The van der Waals surface area contributed by atoms with Crippen LogP contribution in [0.4, 0.5) is 5.69 Å². The molecule has 0 fully saturated rings. The zero-order chi connectivity index (χ0) is 21.6. The second-order valence-corrected chi connectivity index (χ2v) is 9.32. The molecule has 0 aliphatic heterocycles. The Morgan fingerprint density at radius 1 is 1.14 bits per heavy atom.